The maximum Gasteiger partial charge on any atom is 0.694 e. The molecule has 4 N–H and O–H groups in total. The van der Waals surface area contributed by atoms with Gasteiger partial charge in [-0.2, -0.15) is 0 Å². The predicted molar refractivity (Wildman–Crippen MR) is 106 cm³/mol. The molecule has 1 aromatic carbocycles. The fourth-order valence-corrected chi connectivity index (χ4v) is 3.23. The highest BCUT2D eigenvalue weighted by molar-refractivity contribution is 7.32. The molecule has 1 aromatic rings. The Bertz CT molecular complexity index is 509. The first-order valence-electron chi connectivity index (χ1n) is 9.75. The Kier molecular flexibility index (Phi) is 11.9. The molecule has 0 aliphatic heterocycles. The van der Waals surface area contributed by atoms with Gasteiger partial charge in [0, 0.05) is 10.1 Å². The normalized spacial score (nSPS) is 14.2. The van der Waals surface area contributed by atoms with Crippen molar-refractivity contribution in [2.75, 3.05) is 13.2 Å². The minimum atomic E-state index is -2.61. The summed E-state index contributed by atoms with van der Waals surface area (Å²) in [4.78, 5) is 8.65. The van der Waals surface area contributed by atoms with Gasteiger partial charge in [-0.1, -0.05) is 63.3 Å². The number of benzene rings is 1. The second-order valence-corrected chi connectivity index (χ2v) is 7.91. The number of hydrogen-bond donors (Lipinski definition) is 3. The van der Waals surface area contributed by atoms with Crippen molar-refractivity contribution in [1.82, 2.24) is 0 Å². The SMILES string of the molecule is CCCCCCCCc1ccc(CC[C@@](N)(CO)CCO[P+](=O)O)cc1. The minimum Gasteiger partial charge on any atom is -0.394 e. The zero-order chi connectivity index (χ0) is 19.3. The van der Waals surface area contributed by atoms with Crippen molar-refractivity contribution in [3.05, 3.63) is 35.4 Å². The highest BCUT2D eigenvalue weighted by Gasteiger charge is 2.26. The minimum absolute atomic E-state index is 0.0694. The number of aryl methyl sites for hydroxylation is 2. The molecule has 1 rings (SSSR count). The van der Waals surface area contributed by atoms with E-state index >= 15 is 0 Å². The van der Waals surface area contributed by atoms with Crippen molar-refractivity contribution in [2.24, 2.45) is 5.73 Å². The van der Waals surface area contributed by atoms with E-state index in [0.29, 0.717) is 12.8 Å². The van der Waals surface area contributed by atoms with Crippen LogP contribution in [0.1, 0.15) is 69.4 Å². The van der Waals surface area contributed by atoms with E-state index in [-0.39, 0.29) is 13.2 Å². The third kappa shape index (κ3) is 10.3. The summed E-state index contributed by atoms with van der Waals surface area (Å²) in [5.74, 6) is 0. The zero-order valence-corrected chi connectivity index (χ0v) is 16.9. The van der Waals surface area contributed by atoms with Crippen LogP contribution < -0.4 is 5.73 Å². The summed E-state index contributed by atoms with van der Waals surface area (Å²) in [7, 11) is -2.61. The molecular weight excluding hydrogens is 349 g/mol. The van der Waals surface area contributed by atoms with Crippen LogP contribution in [0.2, 0.25) is 0 Å². The Labute approximate surface area is 158 Å². The van der Waals surface area contributed by atoms with E-state index in [1.54, 1.807) is 0 Å². The standard InChI is InChI=1S/C20H34NO4P/c1-2-3-4-5-6-7-8-18-9-11-19(12-10-18)13-14-20(21,17-22)15-16-25-26(23)24/h9-12,22H,2-8,13-17,21H2,1H3/p+1/t20-/m0/s1. The Balaban J connectivity index is 2.32. The topological polar surface area (TPSA) is 92.8 Å². The molecule has 0 spiro atoms. The van der Waals surface area contributed by atoms with Crippen LogP contribution in [-0.2, 0) is 21.9 Å². The summed E-state index contributed by atoms with van der Waals surface area (Å²) in [6, 6.07) is 8.62. The number of aliphatic hydroxyl groups is 1. The van der Waals surface area contributed by atoms with E-state index in [2.05, 4.69) is 35.7 Å². The summed E-state index contributed by atoms with van der Waals surface area (Å²) in [5, 5.41) is 9.53. The predicted octanol–water partition coefficient (Wildman–Crippen LogP) is 4.27. The van der Waals surface area contributed by atoms with Crippen LogP contribution in [0.15, 0.2) is 24.3 Å². The van der Waals surface area contributed by atoms with Crippen LogP contribution in [0, 0.1) is 0 Å². The van der Waals surface area contributed by atoms with Gasteiger partial charge in [-0.3, -0.25) is 0 Å². The lowest BCUT2D eigenvalue weighted by Crippen LogP contribution is -2.45. The third-order valence-electron chi connectivity index (χ3n) is 4.87. The molecule has 0 aliphatic rings. The van der Waals surface area contributed by atoms with E-state index < -0.39 is 13.8 Å². The highest BCUT2D eigenvalue weighted by atomic mass is 31.1. The molecule has 0 amide bonds. The number of hydrogen-bond acceptors (Lipinski definition) is 4. The van der Waals surface area contributed by atoms with Crippen LogP contribution in [-0.4, -0.2) is 28.8 Å². The van der Waals surface area contributed by atoms with Crippen molar-refractivity contribution in [3.8, 4) is 0 Å². The van der Waals surface area contributed by atoms with Gasteiger partial charge in [0.2, 0.25) is 0 Å². The van der Waals surface area contributed by atoms with Gasteiger partial charge in [0.15, 0.2) is 0 Å². The maximum absolute atomic E-state index is 10.5. The molecular formula is C20H35NO4P+. The van der Waals surface area contributed by atoms with Crippen molar-refractivity contribution >= 4 is 8.25 Å². The Morgan fingerprint density at radius 3 is 2.15 bits per heavy atom. The molecule has 2 atom stereocenters. The van der Waals surface area contributed by atoms with Gasteiger partial charge >= 0.3 is 8.25 Å². The lowest BCUT2D eigenvalue weighted by Gasteiger charge is -2.26. The molecule has 0 heterocycles. The lowest BCUT2D eigenvalue weighted by molar-refractivity contribution is 0.153. The Hall–Kier alpha value is -0.840. The molecule has 0 aromatic heterocycles. The average Bonchev–Trinajstić information content (AvgIpc) is 2.63. The molecule has 6 heteroatoms. The first-order valence-corrected chi connectivity index (χ1v) is 10.9. The average molecular weight is 384 g/mol. The van der Waals surface area contributed by atoms with Gasteiger partial charge in [0.25, 0.3) is 0 Å². The summed E-state index contributed by atoms with van der Waals surface area (Å²) in [6.07, 6.45) is 10.7. The van der Waals surface area contributed by atoms with E-state index in [9.17, 15) is 9.67 Å². The highest BCUT2D eigenvalue weighted by Crippen LogP contribution is 2.21. The Morgan fingerprint density at radius 2 is 1.58 bits per heavy atom. The lowest BCUT2D eigenvalue weighted by atomic mass is 9.90. The largest absolute Gasteiger partial charge is 0.694 e. The number of rotatable bonds is 15. The van der Waals surface area contributed by atoms with Gasteiger partial charge in [-0.05, 0) is 43.2 Å². The van der Waals surface area contributed by atoms with E-state index in [1.807, 2.05) is 0 Å². The fraction of sp³-hybridized carbons (Fsp3) is 0.700. The zero-order valence-electron chi connectivity index (χ0n) is 16.0. The van der Waals surface area contributed by atoms with E-state index in [1.165, 1.54) is 49.7 Å². The number of nitrogens with two attached hydrogens (primary N) is 1. The molecule has 148 valence electrons. The van der Waals surface area contributed by atoms with Crippen LogP contribution >= 0.6 is 8.25 Å². The second kappa shape index (κ2) is 13.3. The molecule has 0 saturated heterocycles. The summed E-state index contributed by atoms with van der Waals surface area (Å²) >= 11 is 0. The van der Waals surface area contributed by atoms with Gasteiger partial charge in [-0.25, -0.2) is 0 Å². The van der Waals surface area contributed by atoms with E-state index in [4.69, 9.17) is 10.6 Å². The summed E-state index contributed by atoms with van der Waals surface area (Å²) < 4.78 is 15.2. The molecule has 0 radical (unpaired) electrons. The summed E-state index contributed by atoms with van der Waals surface area (Å²) in [6.45, 7) is 2.14. The van der Waals surface area contributed by atoms with Crippen LogP contribution in [0.4, 0.5) is 0 Å². The number of unbranched alkanes of at least 4 members (excludes halogenated alkanes) is 5. The van der Waals surface area contributed by atoms with Gasteiger partial charge in [0.1, 0.15) is 6.61 Å². The number of aliphatic hydroxyl groups excluding tert-OH is 1. The molecule has 0 bridgehead atoms. The van der Waals surface area contributed by atoms with Gasteiger partial charge < -0.3 is 10.8 Å². The van der Waals surface area contributed by atoms with Crippen LogP contribution in [0.3, 0.4) is 0 Å². The molecule has 0 aliphatic carbocycles. The Morgan fingerprint density at radius 1 is 1.00 bits per heavy atom. The van der Waals surface area contributed by atoms with Gasteiger partial charge in [0.05, 0.1) is 6.61 Å². The second-order valence-electron chi connectivity index (χ2n) is 7.18. The van der Waals surface area contributed by atoms with Crippen molar-refractivity contribution < 1.29 is 19.1 Å². The molecule has 5 nitrogen and oxygen atoms in total. The third-order valence-corrected chi connectivity index (χ3v) is 5.27. The van der Waals surface area contributed by atoms with Crippen molar-refractivity contribution in [3.63, 3.8) is 0 Å². The monoisotopic (exact) mass is 384 g/mol. The molecule has 0 saturated carbocycles. The van der Waals surface area contributed by atoms with Crippen LogP contribution in [0.5, 0.6) is 0 Å². The summed E-state index contributed by atoms with van der Waals surface area (Å²) in [5.41, 5.74) is 7.94. The maximum atomic E-state index is 10.5. The molecule has 0 fully saturated rings. The first-order chi connectivity index (χ1) is 12.5. The van der Waals surface area contributed by atoms with Crippen molar-refractivity contribution in [2.45, 2.75) is 76.7 Å². The first kappa shape index (κ1) is 23.2. The van der Waals surface area contributed by atoms with Crippen molar-refractivity contribution in [1.29, 1.82) is 0 Å². The molecule has 1 unspecified atom stereocenters. The van der Waals surface area contributed by atoms with Crippen LogP contribution in [0.25, 0.3) is 0 Å². The fourth-order valence-electron chi connectivity index (χ4n) is 2.99. The molecule has 26 heavy (non-hydrogen) atoms. The van der Waals surface area contributed by atoms with E-state index in [0.717, 1.165) is 12.8 Å². The quantitative estimate of drug-likeness (QED) is 0.310. The smallest absolute Gasteiger partial charge is 0.394 e. The van der Waals surface area contributed by atoms with Gasteiger partial charge in [-0.15, -0.1) is 9.42 Å².